The van der Waals surface area contributed by atoms with Crippen LogP contribution in [0.1, 0.15) is 38.3 Å². The Labute approximate surface area is 135 Å². The molecular formula is C18H32N2S. The number of nitrogens with one attached hydrogen (secondary N) is 1. The van der Waals surface area contributed by atoms with Crippen LogP contribution in [0.4, 0.5) is 0 Å². The molecule has 0 radical (unpaired) electrons. The van der Waals surface area contributed by atoms with Crippen LogP contribution in [0.2, 0.25) is 0 Å². The van der Waals surface area contributed by atoms with Gasteiger partial charge in [-0.1, -0.05) is 45.0 Å². The molecule has 3 heteroatoms. The van der Waals surface area contributed by atoms with Gasteiger partial charge >= 0.3 is 0 Å². The van der Waals surface area contributed by atoms with Gasteiger partial charge in [0.2, 0.25) is 0 Å². The summed E-state index contributed by atoms with van der Waals surface area (Å²) in [6, 6.07) is 10.4. The third-order valence-electron chi connectivity index (χ3n) is 3.87. The van der Waals surface area contributed by atoms with Gasteiger partial charge in [-0.25, -0.2) is 0 Å². The van der Waals surface area contributed by atoms with E-state index in [1.807, 2.05) is 11.8 Å². The molecule has 0 spiro atoms. The molecule has 0 amide bonds. The van der Waals surface area contributed by atoms with Crippen molar-refractivity contribution in [2.75, 3.05) is 25.6 Å². The molecule has 1 aromatic rings. The molecule has 0 aliphatic carbocycles. The Morgan fingerprint density at radius 3 is 2.29 bits per heavy atom. The third-order valence-corrected chi connectivity index (χ3v) is 4.59. The average molecular weight is 309 g/mol. The summed E-state index contributed by atoms with van der Waals surface area (Å²) in [5.41, 5.74) is 2.84. The van der Waals surface area contributed by atoms with E-state index >= 15 is 0 Å². The molecule has 2 nitrogen and oxygen atoms in total. The molecule has 0 aromatic heterocycles. The Kier molecular flexibility index (Phi) is 9.05. The molecule has 21 heavy (non-hydrogen) atoms. The van der Waals surface area contributed by atoms with Crippen molar-refractivity contribution in [3.63, 3.8) is 0 Å². The fourth-order valence-electron chi connectivity index (χ4n) is 2.48. The fraction of sp³-hybridized carbons (Fsp3) is 0.667. The van der Waals surface area contributed by atoms with Crippen molar-refractivity contribution in [3.05, 3.63) is 35.4 Å². The molecule has 1 N–H and O–H groups in total. The molecular weight excluding hydrogens is 276 g/mol. The summed E-state index contributed by atoms with van der Waals surface area (Å²) in [6.07, 6.45) is 4.52. The smallest absolute Gasteiger partial charge is 0.0233 e. The van der Waals surface area contributed by atoms with E-state index in [0.717, 1.165) is 19.5 Å². The van der Waals surface area contributed by atoms with Crippen LogP contribution >= 0.6 is 11.8 Å². The van der Waals surface area contributed by atoms with Crippen LogP contribution in [0.5, 0.6) is 0 Å². The van der Waals surface area contributed by atoms with Crippen LogP contribution in [0.15, 0.2) is 24.3 Å². The van der Waals surface area contributed by atoms with Gasteiger partial charge in [0.25, 0.3) is 0 Å². The maximum Gasteiger partial charge on any atom is 0.0233 e. The van der Waals surface area contributed by atoms with E-state index in [-0.39, 0.29) is 0 Å². The molecule has 0 aliphatic rings. The van der Waals surface area contributed by atoms with E-state index in [4.69, 9.17) is 0 Å². The van der Waals surface area contributed by atoms with E-state index < -0.39 is 0 Å². The number of nitrogens with zero attached hydrogens (tertiary/aromatic N) is 1. The van der Waals surface area contributed by atoms with E-state index in [1.165, 1.54) is 23.3 Å². The highest BCUT2D eigenvalue weighted by Crippen LogP contribution is 2.13. The second-order valence-corrected chi connectivity index (χ2v) is 7.02. The van der Waals surface area contributed by atoms with Gasteiger partial charge in [0.15, 0.2) is 0 Å². The molecule has 1 rings (SSSR count). The summed E-state index contributed by atoms with van der Waals surface area (Å²) in [5, 5.41) is 3.47. The largest absolute Gasteiger partial charge is 0.314 e. The molecule has 0 aliphatic heterocycles. The van der Waals surface area contributed by atoms with E-state index in [1.54, 1.807) is 0 Å². The fourth-order valence-corrected chi connectivity index (χ4v) is 3.36. The first kappa shape index (κ1) is 18.5. The van der Waals surface area contributed by atoms with Gasteiger partial charge in [-0.05, 0) is 43.8 Å². The highest BCUT2D eigenvalue weighted by atomic mass is 32.2. The van der Waals surface area contributed by atoms with Crippen molar-refractivity contribution in [3.8, 4) is 0 Å². The van der Waals surface area contributed by atoms with Crippen LogP contribution in [0.3, 0.4) is 0 Å². The lowest BCUT2D eigenvalue weighted by atomic mass is 10.1. The second kappa shape index (κ2) is 10.3. The first-order chi connectivity index (χ1) is 10.1. The lowest BCUT2D eigenvalue weighted by molar-refractivity contribution is 0.248. The molecule has 1 aromatic carbocycles. The molecule has 0 heterocycles. The van der Waals surface area contributed by atoms with Crippen molar-refractivity contribution < 1.29 is 0 Å². The van der Waals surface area contributed by atoms with E-state index in [2.05, 4.69) is 68.6 Å². The second-order valence-electron chi connectivity index (χ2n) is 6.11. The van der Waals surface area contributed by atoms with Crippen molar-refractivity contribution >= 4 is 11.8 Å². The predicted molar refractivity (Wildman–Crippen MR) is 97.2 cm³/mol. The van der Waals surface area contributed by atoms with Crippen molar-refractivity contribution in [2.24, 2.45) is 0 Å². The van der Waals surface area contributed by atoms with Crippen LogP contribution in [0, 0.1) is 0 Å². The van der Waals surface area contributed by atoms with E-state index in [9.17, 15) is 0 Å². The molecule has 0 saturated heterocycles. The van der Waals surface area contributed by atoms with Crippen molar-refractivity contribution in [1.82, 2.24) is 10.2 Å². The normalized spacial score (nSPS) is 13.1. The zero-order valence-corrected chi connectivity index (χ0v) is 15.2. The van der Waals surface area contributed by atoms with Crippen molar-refractivity contribution in [2.45, 2.75) is 52.2 Å². The summed E-state index contributed by atoms with van der Waals surface area (Å²) in [6.45, 7) is 8.77. The number of hydrogen-bond acceptors (Lipinski definition) is 3. The average Bonchev–Trinajstić information content (AvgIpc) is 2.46. The van der Waals surface area contributed by atoms with Gasteiger partial charge in [-0.15, -0.1) is 0 Å². The van der Waals surface area contributed by atoms with Gasteiger partial charge in [0.05, 0.1) is 0 Å². The maximum absolute atomic E-state index is 3.47. The summed E-state index contributed by atoms with van der Waals surface area (Å²) in [7, 11) is 2.24. The summed E-state index contributed by atoms with van der Waals surface area (Å²) in [5.74, 6) is 1.21. The standard InChI is InChI=1S/C18H32N2S/c1-6-18(14-21-5)20(4)13-17-9-7-16(8-10-17)11-12-19-15(2)3/h7-10,15,18-19H,6,11-14H2,1-5H3. The Bertz CT molecular complexity index is 375. The van der Waals surface area contributed by atoms with Crippen LogP contribution in [-0.2, 0) is 13.0 Å². The lowest BCUT2D eigenvalue weighted by Gasteiger charge is -2.26. The molecule has 1 atom stereocenters. The molecule has 0 fully saturated rings. The van der Waals surface area contributed by atoms with E-state index in [0.29, 0.717) is 12.1 Å². The Morgan fingerprint density at radius 2 is 1.76 bits per heavy atom. The van der Waals surface area contributed by atoms with Gasteiger partial charge < -0.3 is 5.32 Å². The molecule has 0 bridgehead atoms. The van der Waals surface area contributed by atoms with Gasteiger partial charge in [0, 0.05) is 24.4 Å². The zero-order chi connectivity index (χ0) is 15.7. The predicted octanol–water partition coefficient (Wildman–Crippen LogP) is 3.80. The van der Waals surface area contributed by atoms with Gasteiger partial charge in [0.1, 0.15) is 0 Å². The van der Waals surface area contributed by atoms with Gasteiger partial charge in [-0.3, -0.25) is 4.90 Å². The third kappa shape index (κ3) is 7.35. The zero-order valence-electron chi connectivity index (χ0n) is 14.4. The lowest BCUT2D eigenvalue weighted by Crippen LogP contribution is -2.32. The molecule has 1 unspecified atom stereocenters. The monoisotopic (exact) mass is 308 g/mol. The Balaban J connectivity index is 2.46. The maximum atomic E-state index is 3.47. The van der Waals surface area contributed by atoms with Crippen LogP contribution in [-0.4, -0.2) is 42.6 Å². The van der Waals surface area contributed by atoms with Crippen LogP contribution in [0.25, 0.3) is 0 Å². The quantitative estimate of drug-likeness (QED) is 0.708. The van der Waals surface area contributed by atoms with Gasteiger partial charge in [-0.2, -0.15) is 11.8 Å². The summed E-state index contributed by atoms with van der Waals surface area (Å²) < 4.78 is 0. The van der Waals surface area contributed by atoms with Crippen molar-refractivity contribution in [1.29, 1.82) is 0 Å². The minimum Gasteiger partial charge on any atom is -0.314 e. The molecule has 120 valence electrons. The Hall–Kier alpha value is -0.510. The Morgan fingerprint density at radius 1 is 1.14 bits per heavy atom. The minimum atomic E-state index is 0.570. The number of thioether (sulfide) groups is 1. The SMILES string of the molecule is CCC(CSC)N(C)Cc1ccc(CCNC(C)C)cc1. The first-order valence-electron chi connectivity index (χ1n) is 8.07. The molecule has 0 saturated carbocycles. The number of hydrogen-bond donors (Lipinski definition) is 1. The minimum absolute atomic E-state index is 0.570. The topological polar surface area (TPSA) is 15.3 Å². The number of rotatable bonds is 10. The first-order valence-corrected chi connectivity index (χ1v) is 9.46. The highest BCUT2D eigenvalue weighted by molar-refractivity contribution is 7.98. The summed E-state index contributed by atoms with van der Waals surface area (Å²) >= 11 is 1.94. The summed E-state index contributed by atoms with van der Waals surface area (Å²) in [4.78, 5) is 2.48. The van der Waals surface area contributed by atoms with Crippen LogP contribution < -0.4 is 5.32 Å². The highest BCUT2D eigenvalue weighted by Gasteiger charge is 2.12. The number of benzene rings is 1.